The Kier molecular flexibility index (Phi) is 8.94. The molecule has 2 fully saturated rings. The maximum atomic E-state index is 15.1. The summed E-state index contributed by atoms with van der Waals surface area (Å²) in [7, 11) is 0. The summed E-state index contributed by atoms with van der Waals surface area (Å²) in [6.07, 6.45) is 3.58. The number of nitrogens with zero attached hydrogens (tertiary/aromatic N) is 2. The first kappa shape index (κ1) is 28.0. The number of ether oxygens (including phenoxy) is 2. The van der Waals surface area contributed by atoms with Crippen molar-refractivity contribution >= 4 is 11.8 Å². The van der Waals surface area contributed by atoms with Gasteiger partial charge in [0.25, 0.3) is 0 Å². The lowest BCUT2D eigenvalue weighted by Gasteiger charge is -2.32. The van der Waals surface area contributed by atoms with Crippen LogP contribution in [-0.2, 0) is 16.1 Å². The van der Waals surface area contributed by atoms with Crippen LogP contribution in [0.2, 0.25) is 0 Å². The van der Waals surface area contributed by atoms with Gasteiger partial charge in [-0.05, 0) is 93.4 Å². The monoisotopic (exact) mass is 549 g/mol. The molecule has 6 nitrogen and oxygen atoms in total. The van der Waals surface area contributed by atoms with E-state index >= 15 is 4.39 Å². The van der Waals surface area contributed by atoms with Crippen molar-refractivity contribution < 1.29 is 23.0 Å². The number of aromatic nitrogens is 1. The average molecular weight is 550 g/mol. The number of rotatable bonds is 8. The van der Waals surface area contributed by atoms with Crippen LogP contribution in [0.25, 0.3) is 11.3 Å². The van der Waals surface area contributed by atoms with Crippen molar-refractivity contribution in [2.75, 3.05) is 37.7 Å². The van der Waals surface area contributed by atoms with E-state index in [1.165, 1.54) is 11.6 Å². The number of piperidine rings is 2. The summed E-state index contributed by atoms with van der Waals surface area (Å²) in [5.74, 6) is -0.503. The number of anilines is 1. The molecule has 2 aliphatic heterocycles. The molecule has 0 radical (unpaired) electrons. The highest BCUT2D eigenvalue weighted by atomic mass is 19.1. The zero-order valence-electron chi connectivity index (χ0n) is 23.2. The molecule has 0 unspecified atom stereocenters. The molecule has 1 aromatic heterocycles. The number of aryl methyl sites for hydroxylation is 1. The SMILES string of the molecule is CCOC(=O)C1CCN(c2cccc(-c3cc(F)cc(F)c3OCc3ccc(C4CCNCC4)cc3C)n2)CC1. The highest BCUT2D eigenvalue weighted by Crippen LogP contribution is 2.35. The van der Waals surface area contributed by atoms with Gasteiger partial charge in [0.05, 0.1) is 18.2 Å². The molecule has 0 bridgehead atoms. The van der Waals surface area contributed by atoms with E-state index in [-0.39, 0.29) is 29.8 Å². The molecule has 212 valence electrons. The number of pyridine rings is 1. The van der Waals surface area contributed by atoms with Crippen molar-refractivity contribution in [2.24, 2.45) is 5.92 Å². The standard InChI is InChI=1S/C32H37F2N3O3/c1-3-39-32(38)23-11-15-37(16-12-23)30-6-4-5-29(36-30)27-18-26(33)19-28(34)31(27)40-20-25-8-7-24(17-21(25)2)22-9-13-35-14-10-22/h4-8,17-19,22-23,35H,3,9-16,20H2,1-2H3. The molecule has 3 aromatic rings. The third kappa shape index (κ3) is 6.44. The first-order valence-corrected chi connectivity index (χ1v) is 14.2. The lowest BCUT2D eigenvalue weighted by Crippen LogP contribution is -2.37. The Labute approximate surface area is 234 Å². The number of hydrogen-bond donors (Lipinski definition) is 1. The fraction of sp³-hybridized carbons (Fsp3) is 0.438. The summed E-state index contributed by atoms with van der Waals surface area (Å²) >= 11 is 0. The summed E-state index contributed by atoms with van der Waals surface area (Å²) < 4.78 is 40.7. The van der Waals surface area contributed by atoms with Gasteiger partial charge in [0.15, 0.2) is 11.6 Å². The second-order valence-electron chi connectivity index (χ2n) is 10.7. The zero-order valence-corrected chi connectivity index (χ0v) is 23.2. The molecule has 2 saturated heterocycles. The second-order valence-corrected chi connectivity index (χ2v) is 10.7. The summed E-state index contributed by atoms with van der Waals surface area (Å²) in [6.45, 7) is 7.74. The van der Waals surface area contributed by atoms with Crippen LogP contribution in [0.3, 0.4) is 0 Å². The van der Waals surface area contributed by atoms with Crippen LogP contribution in [0, 0.1) is 24.5 Å². The van der Waals surface area contributed by atoms with E-state index in [9.17, 15) is 9.18 Å². The maximum absolute atomic E-state index is 15.1. The van der Waals surface area contributed by atoms with Crippen LogP contribution in [0.4, 0.5) is 14.6 Å². The van der Waals surface area contributed by atoms with E-state index in [1.807, 2.05) is 32.0 Å². The molecule has 5 rings (SSSR count). The second kappa shape index (κ2) is 12.8. The molecule has 0 saturated carbocycles. The molecule has 0 atom stereocenters. The predicted molar refractivity (Wildman–Crippen MR) is 152 cm³/mol. The maximum Gasteiger partial charge on any atom is 0.309 e. The number of carbonyl (C=O) groups excluding carboxylic acids is 1. The van der Waals surface area contributed by atoms with Gasteiger partial charge in [-0.15, -0.1) is 0 Å². The molecule has 40 heavy (non-hydrogen) atoms. The van der Waals surface area contributed by atoms with Gasteiger partial charge < -0.3 is 19.7 Å². The zero-order chi connectivity index (χ0) is 28.1. The minimum Gasteiger partial charge on any atom is -0.485 e. The summed E-state index contributed by atoms with van der Waals surface area (Å²) in [6, 6.07) is 13.9. The van der Waals surface area contributed by atoms with Gasteiger partial charge >= 0.3 is 5.97 Å². The Morgan fingerprint density at radius 2 is 1.82 bits per heavy atom. The van der Waals surface area contributed by atoms with Gasteiger partial charge in [-0.3, -0.25) is 4.79 Å². The number of nitrogens with one attached hydrogen (secondary N) is 1. The van der Waals surface area contributed by atoms with E-state index in [1.54, 1.807) is 6.07 Å². The van der Waals surface area contributed by atoms with Crippen LogP contribution >= 0.6 is 0 Å². The third-order valence-electron chi connectivity index (χ3n) is 8.01. The first-order chi connectivity index (χ1) is 19.4. The molecule has 0 aliphatic carbocycles. The van der Waals surface area contributed by atoms with Crippen LogP contribution in [0.5, 0.6) is 5.75 Å². The lowest BCUT2D eigenvalue weighted by molar-refractivity contribution is -0.148. The van der Waals surface area contributed by atoms with Gasteiger partial charge in [0.2, 0.25) is 0 Å². The Hall–Kier alpha value is -3.52. The van der Waals surface area contributed by atoms with Crippen LogP contribution in [0.1, 0.15) is 55.2 Å². The highest BCUT2D eigenvalue weighted by molar-refractivity contribution is 5.73. The predicted octanol–water partition coefficient (Wildman–Crippen LogP) is 6.16. The molecule has 2 aromatic carbocycles. The summed E-state index contributed by atoms with van der Waals surface area (Å²) in [5, 5.41) is 3.40. The van der Waals surface area contributed by atoms with Crippen molar-refractivity contribution in [2.45, 2.75) is 52.1 Å². The van der Waals surface area contributed by atoms with Crippen molar-refractivity contribution in [1.82, 2.24) is 10.3 Å². The molecule has 0 amide bonds. The lowest BCUT2D eigenvalue weighted by atomic mass is 9.88. The number of esters is 1. The largest absolute Gasteiger partial charge is 0.485 e. The smallest absolute Gasteiger partial charge is 0.309 e. The quantitative estimate of drug-likeness (QED) is 0.340. The molecule has 0 spiro atoms. The van der Waals surface area contributed by atoms with Crippen molar-refractivity contribution in [1.29, 1.82) is 0 Å². The van der Waals surface area contributed by atoms with Crippen molar-refractivity contribution in [3.8, 4) is 17.0 Å². The Balaban J connectivity index is 1.33. The van der Waals surface area contributed by atoms with Crippen LogP contribution < -0.4 is 15.0 Å². The number of hydrogen-bond acceptors (Lipinski definition) is 6. The van der Waals surface area contributed by atoms with Gasteiger partial charge in [-0.1, -0.05) is 24.3 Å². The average Bonchev–Trinajstić information content (AvgIpc) is 2.97. The Morgan fingerprint density at radius 1 is 1.05 bits per heavy atom. The van der Waals surface area contributed by atoms with Gasteiger partial charge in [-0.2, -0.15) is 0 Å². The molecule has 2 aliphatic rings. The van der Waals surface area contributed by atoms with E-state index < -0.39 is 11.6 Å². The number of carbonyl (C=O) groups is 1. The van der Waals surface area contributed by atoms with E-state index in [2.05, 4.69) is 22.3 Å². The highest BCUT2D eigenvalue weighted by Gasteiger charge is 2.27. The molecular weight excluding hydrogens is 512 g/mol. The van der Waals surface area contributed by atoms with Crippen LogP contribution in [-0.4, -0.2) is 43.7 Å². The normalized spacial score (nSPS) is 16.6. The fourth-order valence-electron chi connectivity index (χ4n) is 5.69. The van der Waals surface area contributed by atoms with Crippen molar-refractivity contribution in [3.63, 3.8) is 0 Å². The van der Waals surface area contributed by atoms with E-state index in [0.717, 1.165) is 43.1 Å². The summed E-state index contributed by atoms with van der Waals surface area (Å²) in [4.78, 5) is 18.9. The third-order valence-corrected chi connectivity index (χ3v) is 8.01. The molecular formula is C32H37F2N3O3. The fourth-order valence-corrected chi connectivity index (χ4v) is 5.69. The van der Waals surface area contributed by atoms with Gasteiger partial charge in [0.1, 0.15) is 18.2 Å². The minimum absolute atomic E-state index is 0.0195. The summed E-state index contributed by atoms with van der Waals surface area (Å²) in [5.41, 5.74) is 4.06. The molecule has 8 heteroatoms. The number of halogens is 2. The van der Waals surface area contributed by atoms with Gasteiger partial charge in [0, 0.05) is 24.7 Å². The first-order valence-electron chi connectivity index (χ1n) is 14.2. The minimum atomic E-state index is -0.763. The molecule has 3 heterocycles. The number of benzene rings is 2. The Morgan fingerprint density at radius 3 is 2.55 bits per heavy atom. The van der Waals surface area contributed by atoms with Crippen molar-refractivity contribution in [3.05, 3.63) is 76.9 Å². The van der Waals surface area contributed by atoms with Gasteiger partial charge in [-0.25, -0.2) is 13.8 Å². The molecule has 1 N–H and O–H groups in total. The Bertz CT molecular complexity index is 1330. The van der Waals surface area contributed by atoms with Crippen LogP contribution in [0.15, 0.2) is 48.5 Å². The van der Waals surface area contributed by atoms with E-state index in [4.69, 9.17) is 14.5 Å². The van der Waals surface area contributed by atoms with E-state index in [0.29, 0.717) is 50.0 Å². The topological polar surface area (TPSA) is 63.7 Å².